The highest BCUT2D eigenvalue weighted by Gasteiger charge is 2.22. The second-order valence-corrected chi connectivity index (χ2v) is 9.15. The van der Waals surface area contributed by atoms with Gasteiger partial charge in [-0.3, -0.25) is 4.79 Å². The highest BCUT2D eigenvalue weighted by molar-refractivity contribution is 6.37. The Bertz CT molecular complexity index is 1180. The summed E-state index contributed by atoms with van der Waals surface area (Å²) in [6, 6.07) is 10.9. The molecule has 5 nitrogen and oxygen atoms in total. The fourth-order valence-electron chi connectivity index (χ4n) is 4.05. The van der Waals surface area contributed by atoms with Gasteiger partial charge in [-0.25, -0.2) is 4.98 Å². The SMILES string of the molecule is CC[C@H](C)Oc1c(Cl)cc(C=Nn2c(C3CCCCC3)nc3ccccc3c2=O)cc1Cl. The van der Waals surface area contributed by atoms with Crippen LogP contribution < -0.4 is 10.3 Å². The molecular formula is C25H27Cl2N3O2. The van der Waals surface area contributed by atoms with Gasteiger partial charge in [0, 0.05) is 5.92 Å². The van der Waals surface area contributed by atoms with Crippen LogP contribution in [0.2, 0.25) is 10.0 Å². The number of para-hydroxylation sites is 1. The minimum absolute atomic E-state index is 0.00446. The van der Waals surface area contributed by atoms with Gasteiger partial charge in [-0.1, -0.05) is 61.5 Å². The average molecular weight is 472 g/mol. The molecule has 0 aliphatic heterocycles. The van der Waals surface area contributed by atoms with Crippen LogP contribution in [0, 0.1) is 0 Å². The summed E-state index contributed by atoms with van der Waals surface area (Å²) in [7, 11) is 0. The molecule has 7 heteroatoms. The molecule has 1 aromatic heterocycles. The molecule has 3 aromatic rings. The molecule has 0 spiro atoms. The fraction of sp³-hybridized carbons (Fsp3) is 0.400. The normalized spacial score (nSPS) is 16.0. The number of hydrogen-bond acceptors (Lipinski definition) is 4. The van der Waals surface area contributed by atoms with Crippen LogP contribution in [-0.2, 0) is 0 Å². The van der Waals surface area contributed by atoms with Crippen LogP contribution in [0.5, 0.6) is 5.75 Å². The summed E-state index contributed by atoms with van der Waals surface area (Å²) in [5.74, 6) is 1.41. The summed E-state index contributed by atoms with van der Waals surface area (Å²) in [4.78, 5) is 18.1. The molecule has 2 aromatic carbocycles. The van der Waals surface area contributed by atoms with Gasteiger partial charge in [0.2, 0.25) is 0 Å². The van der Waals surface area contributed by atoms with E-state index in [4.69, 9.17) is 32.9 Å². The first-order valence-corrected chi connectivity index (χ1v) is 11.9. The van der Waals surface area contributed by atoms with Crippen molar-refractivity contribution in [3.8, 4) is 5.75 Å². The van der Waals surface area contributed by atoms with Gasteiger partial charge < -0.3 is 4.74 Å². The van der Waals surface area contributed by atoms with E-state index in [0.717, 1.165) is 37.9 Å². The zero-order chi connectivity index (χ0) is 22.7. The van der Waals surface area contributed by atoms with Gasteiger partial charge in [-0.2, -0.15) is 9.78 Å². The van der Waals surface area contributed by atoms with Gasteiger partial charge in [-0.15, -0.1) is 0 Å². The van der Waals surface area contributed by atoms with E-state index in [0.29, 0.717) is 32.3 Å². The van der Waals surface area contributed by atoms with Crippen molar-refractivity contribution < 1.29 is 4.74 Å². The summed E-state index contributed by atoms with van der Waals surface area (Å²) in [6.07, 6.45) is 7.98. The standard InChI is InChI=1S/C25H27Cl2N3O2/c1-3-16(2)32-23-20(26)13-17(14-21(23)27)15-28-30-24(18-9-5-4-6-10-18)29-22-12-8-7-11-19(22)25(30)31/h7-8,11-16,18H,3-6,9-10H2,1-2H3/t16-/m0/s1. The van der Waals surface area contributed by atoms with E-state index in [2.05, 4.69) is 5.10 Å². The first-order valence-electron chi connectivity index (χ1n) is 11.2. The second kappa shape index (κ2) is 10.1. The molecule has 0 bridgehead atoms. The van der Waals surface area contributed by atoms with E-state index in [9.17, 15) is 4.79 Å². The van der Waals surface area contributed by atoms with Crippen LogP contribution in [0.1, 0.15) is 69.7 Å². The monoisotopic (exact) mass is 471 g/mol. The molecule has 0 radical (unpaired) electrons. The summed E-state index contributed by atoms with van der Waals surface area (Å²) in [5.41, 5.74) is 1.23. The van der Waals surface area contributed by atoms with E-state index >= 15 is 0 Å². The molecule has 1 heterocycles. The van der Waals surface area contributed by atoms with Crippen LogP contribution in [0.3, 0.4) is 0 Å². The van der Waals surface area contributed by atoms with E-state index < -0.39 is 0 Å². The molecule has 0 amide bonds. The van der Waals surface area contributed by atoms with Crippen molar-refractivity contribution in [2.45, 2.75) is 64.4 Å². The van der Waals surface area contributed by atoms with Crippen LogP contribution >= 0.6 is 23.2 Å². The summed E-state index contributed by atoms with van der Waals surface area (Å²) in [5, 5.41) is 5.93. The molecule has 0 N–H and O–H groups in total. The molecule has 4 rings (SSSR count). The smallest absolute Gasteiger partial charge is 0.282 e. The zero-order valence-electron chi connectivity index (χ0n) is 18.4. The summed E-state index contributed by atoms with van der Waals surface area (Å²) in [6.45, 7) is 4.00. The van der Waals surface area contributed by atoms with E-state index in [1.807, 2.05) is 32.0 Å². The lowest BCUT2D eigenvalue weighted by atomic mass is 9.88. The molecule has 1 fully saturated rings. The quantitative estimate of drug-likeness (QED) is 0.370. The van der Waals surface area contributed by atoms with Crippen molar-refractivity contribution in [2.75, 3.05) is 0 Å². The Morgan fingerprint density at radius 2 is 1.88 bits per heavy atom. The molecule has 0 saturated heterocycles. The van der Waals surface area contributed by atoms with Gasteiger partial charge in [0.25, 0.3) is 5.56 Å². The van der Waals surface area contributed by atoms with Crippen molar-refractivity contribution in [1.29, 1.82) is 0 Å². The molecule has 1 aliphatic rings. The van der Waals surface area contributed by atoms with E-state index in [1.165, 1.54) is 11.1 Å². The third-order valence-electron chi connectivity index (χ3n) is 5.99. The number of nitrogens with zero attached hydrogens (tertiary/aromatic N) is 3. The first-order chi connectivity index (χ1) is 15.5. The van der Waals surface area contributed by atoms with Gasteiger partial charge in [0.1, 0.15) is 5.82 Å². The fourth-order valence-corrected chi connectivity index (χ4v) is 4.65. The maximum Gasteiger partial charge on any atom is 0.282 e. The Labute approximate surface area is 198 Å². The van der Waals surface area contributed by atoms with Crippen molar-refractivity contribution in [2.24, 2.45) is 5.10 Å². The Hall–Kier alpha value is -2.37. The van der Waals surface area contributed by atoms with Gasteiger partial charge in [0.05, 0.1) is 33.3 Å². The van der Waals surface area contributed by atoms with Gasteiger partial charge >= 0.3 is 0 Å². The zero-order valence-corrected chi connectivity index (χ0v) is 19.9. The largest absolute Gasteiger partial charge is 0.488 e. The van der Waals surface area contributed by atoms with Crippen molar-refractivity contribution in [3.05, 3.63) is 68.2 Å². The molecule has 168 valence electrons. The maximum atomic E-state index is 13.3. The van der Waals surface area contributed by atoms with Gasteiger partial charge in [-0.05, 0) is 56.0 Å². The topological polar surface area (TPSA) is 56.5 Å². The lowest BCUT2D eigenvalue weighted by Gasteiger charge is -2.22. The van der Waals surface area contributed by atoms with Crippen LogP contribution in [0.25, 0.3) is 10.9 Å². The molecule has 1 atom stereocenters. The number of fused-ring (bicyclic) bond motifs is 1. The van der Waals surface area contributed by atoms with Crippen molar-refractivity contribution >= 4 is 40.3 Å². The molecule has 1 aliphatic carbocycles. The van der Waals surface area contributed by atoms with Crippen molar-refractivity contribution in [3.63, 3.8) is 0 Å². The van der Waals surface area contributed by atoms with Gasteiger partial charge in [0.15, 0.2) is 5.75 Å². The Kier molecular flexibility index (Phi) is 7.17. The Balaban J connectivity index is 1.75. The molecular weight excluding hydrogens is 445 g/mol. The molecule has 32 heavy (non-hydrogen) atoms. The average Bonchev–Trinajstić information content (AvgIpc) is 2.81. The Morgan fingerprint density at radius 1 is 1.19 bits per heavy atom. The van der Waals surface area contributed by atoms with Crippen LogP contribution in [-0.4, -0.2) is 22.0 Å². The highest BCUT2D eigenvalue weighted by Crippen LogP contribution is 2.35. The molecule has 1 saturated carbocycles. The van der Waals surface area contributed by atoms with Crippen molar-refractivity contribution in [1.82, 2.24) is 9.66 Å². The molecule has 0 unspecified atom stereocenters. The number of rotatable bonds is 6. The van der Waals surface area contributed by atoms with Crippen LogP contribution in [0.4, 0.5) is 0 Å². The maximum absolute atomic E-state index is 13.3. The number of ether oxygens (including phenoxy) is 1. The number of halogens is 2. The lowest BCUT2D eigenvalue weighted by molar-refractivity contribution is 0.218. The lowest BCUT2D eigenvalue weighted by Crippen LogP contribution is -2.25. The summed E-state index contributed by atoms with van der Waals surface area (Å²) >= 11 is 12.9. The third kappa shape index (κ3) is 4.84. The second-order valence-electron chi connectivity index (χ2n) is 8.33. The third-order valence-corrected chi connectivity index (χ3v) is 6.55. The minimum Gasteiger partial charge on any atom is -0.488 e. The van der Waals surface area contributed by atoms with E-state index in [1.54, 1.807) is 24.4 Å². The first kappa shape index (κ1) is 22.8. The predicted octanol–water partition coefficient (Wildman–Crippen LogP) is 6.81. The summed E-state index contributed by atoms with van der Waals surface area (Å²) < 4.78 is 7.28. The van der Waals surface area contributed by atoms with Crippen LogP contribution in [0.15, 0.2) is 46.3 Å². The highest BCUT2D eigenvalue weighted by atomic mass is 35.5. The van der Waals surface area contributed by atoms with E-state index in [-0.39, 0.29) is 17.6 Å². The number of benzene rings is 2. The Morgan fingerprint density at radius 3 is 2.56 bits per heavy atom. The number of aromatic nitrogens is 2. The predicted molar refractivity (Wildman–Crippen MR) is 132 cm³/mol. The number of hydrogen-bond donors (Lipinski definition) is 0. The minimum atomic E-state index is -0.165.